The fraction of sp³-hybridized carbons (Fsp3) is 0.522. The van der Waals surface area contributed by atoms with E-state index in [1.54, 1.807) is 21.5 Å². The van der Waals surface area contributed by atoms with Crippen LogP contribution in [0.1, 0.15) is 66.6 Å². The molecule has 0 aliphatic heterocycles. The number of anilines is 1. The summed E-state index contributed by atoms with van der Waals surface area (Å²) in [6.07, 6.45) is 7.08. The van der Waals surface area contributed by atoms with Gasteiger partial charge in [0.05, 0.1) is 11.7 Å². The molecule has 0 radical (unpaired) electrons. The van der Waals surface area contributed by atoms with Crippen molar-refractivity contribution in [1.29, 1.82) is 0 Å². The molecule has 2 aliphatic carbocycles. The SMILES string of the molecule is Cc1cc(C)n(-c2ccc(=O)n(C3CCC(Nc4nc(C)nc5c4CCC5)CC3)n2)n1. The Hall–Kier alpha value is -3.03. The van der Waals surface area contributed by atoms with Gasteiger partial charge in [0, 0.05) is 29.1 Å². The molecule has 0 atom stereocenters. The largest absolute Gasteiger partial charge is 0.367 e. The zero-order chi connectivity index (χ0) is 21.5. The van der Waals surface area contributed by atoms with Crippen molar-refractivity contribution in [3.8, 4) is 5.82 Å². The Labute approximate surface area is 181 Å². The van der Waals surface area contributed by atoms with Gasteiger partial charge in [0.2, 0.25) is 0 Å². The van der Waals surface area contributed by atoms with Gasteiger partial charge in [0.25, 0.3) is 5.56 Å². The normalized spacial score (nSPS) is 20.6. The maximum atomic E-state index is 12.6. The lowest BCUT2D eigenvalue weighted by molar-refractivity contribution is 0.302. The second-order valence-electron chi connectivity index (χ2n) is 8.86. The summed E-state index contributed by atoms with van der Waals surface area (Å²) in [5.74, 6) is 2.55. The average molecular weight is 420 g/mol. The molecule has 8 nitrogen and oxygen atoms in total. The van der Waals surface area contributed by atoms with Crippen molar-refractivity contribution in [3.63, 3.8) is 0 Å². The van der Waals surface area contributed by atoms with E-state index >= 15 is 0 Å². The third kappa shape index (κ3) is 3.86. The Bertz CT molecular complexity index is 1170. The van der Waals surface area contributed by atoms with Crippen molar-refractivity contribution >= 4 is 5.82 Å². The molecular formula is C23H29N7O. The van der Waals surface area contributed by atoms with E-state index in [0.29, 0.717) is 11.9 Å². The first-order valence-corrected chi connectivity index (χ1v) is 11.2. The summed E-state index contributed by atoms with van der Waals surface area (Å²) in [4.78, 5) is 21.9. The van der Waals surface area contributed by atoms with Crippen molar-refractivity contribution < 1.29 is 0 Å². The number of rotatable bonds is 4. The Morgan fingerprint density at radius 1 is 1.00 bits per heavy atom. The van der Waals surface area contributed by atoms with Gasteiger partial charge in [-0.05, 0) is 77.8 Å². The molecule has 0 saturated heterocycles. The lowest BCUT2D eigenvalue weighted by Crippen LogP contribution is -2.34. The van der Waals surface area contributed by atoms with Crippen molar-refractivity contribution in [2.45, 2.75) is 77.8 Å². The van der Waals surface area contributed by atoms with Crippen LogP contribution < -0.4 is 10.9 Å². The summed E-state index contributed by atoms with van der Waals surface area (Å²) in [6.45, 7) is 5.93. The fourth-order valence-corrected chi connectivity index (χ4v) is 4.98. The first-order chi connectivity index (χ1) is 15.0. The first-order valence-electron chi connectivity index (χ1n) is 11.2. The molecule has 5 rings (SSSR count). The highest BCUT2D eigenvalue weighted by atomic mass is 16.1. The predicted octanol–water partition coefficient (Wildman–Crippen LogP) is 3.23. The summed E-state index contributed by atoms with van der Waals surface area (Å²) < 4.78 is 3.46. The van der Waals surface area contributed by atoms with Gasteiger partial charge < -0.3 is 5.32 Å². The minimum Gasteiger partial charge on any atom is -0.367 e. The molecule has 3 aromatic heterocycles. The number of nitrogens with one attached hydrogen (secondary N) is 1. The van der Waals surface area contributed by atoms with Crippen LogP contribution in [0.4, 0.5) is 5.82 Å². The summed E-state index contributed by atoms with van der Waals surface area (Å²) in [5, 5.41) is 12.9. The van der Waals surface area contributed by atoms with Crippen molar-refractivity contribution in [2.75, 3.05) is 5.32 Å². The van der Waals surface area contributed by atoms with E-state index in [1.807, 2.05) is 26.8 Å². The molecule has 0 amide bonds. The maximum Gasteiger partial charge on any atom is 0.267 e. The molecule has 0 bridgehead atoms. The number of fused-ring (bicyclic) bond motifs is 1. The highest BCUT2D eigenvalue weighted by Gasteiger charge is 2.26. The number of hydrogen-bond donors (Lipinski definition) is 1. The molecule has 1 N–H and O–H groups in total. The minimum absolute atomic E-state index is 0.0501. The second kappa shape index (κ2) is 7.90. The van der Waals surface area contributed by atoms with Crippen LogP contribution in [0, 0.1) is 20.8 Å². The molecule has 0 unspecified atom stereocenters. The topological polar surface area (TPSA) is 90.5 Å². The molecule has 31 heavy (non-hydrogen) atoms. The van der Waals surface area contributed by atoms with E-state index in [1.165, 1.54) is 11.3 Å². The number of hydrogen-bond acceptors (Lipinski definition) is 6. The summed E-state index contributed by atoms with van der Waals surface area (Å²) in [6, 6.07) is 5.85. The summed E-state index contributed by atoms with van der Waals surface area (Å²) >= 11 is 0. The van der Waals surface area contributed by atoms with Gasteiger partial charge in [-0.15, -0.1) is 5.10 Å². The van der Waals surface area contributed by atoms with Crippen LogP contribution >= 0.6 is 0 Å². The number of nitrogens with zero attached hydrogens (tertiary/aromatic N) is 6. The first kappa shape index (κ1) is 19.9. The quantitative estimate of drug-likeness (QED) is 0.698. The van der Waals surface area contributed by atoms with Crippen molar-refractivity contribution in [3.05, 3.63) is 57.0 Å². The smallest absolute Gasteiger partial charge is 0.267 e. The molecule has 0 aromatic carbocycles. The lowest BCUT2D eigenvalue weighted by atomic mass is 9.91. The molecule has 3 aromatic rings. The molecule has 3 heterocycles. The number of aryl methyl sites for hydroxylation is 4. The summed E-state index contributed by atoms with van der Waals surface area (Å²) in [7, 11) is 0. The molecule has 8 heteroatoms. The van der Waals surface area contributed by atoms with E-state index in [-0.39, 0.29) is 11.6 Å². The molecule has 162 valence electrons. The van der Waals surface area contributed by atoms with E-state index < -0.39 is 0 Å². The Balaban J connectivity index is 1.31. The fourth-order valence-electron chi connectivity index (χ4n) is 4.98. The maximum absolute atomic E-state index is 12.6. The van der Waals surface area contributed by atoms with Gasteiger partial charge in [-0.1, -0.05) is 0 Å². The van der Waals surface area contributed by atoms with E-state index in [9.17, 15) is 4.79 Å². The van der Waals surface area contributed by atoms with Gasteiger partial charge >= 0.3 is 0 Å². The van der Waals surface area contributed by atoms with Crippen LogP contribution in [-0.4, -0.2) is 35.6 Å². The van der Waals surface area contributed by atoms with Crippen molar-refractivity contribution in [2.24, 2.45) is 0 Å². The van der Waals surface area contributed by atoms with Crippen molar-refractivity contribution in [1.82, 2.24) is 29.5 Å². The number of aromatic nitrogens is 6. The predicted molar refractivity (Wildman–Crippen MR) is 119 cm³/mol. The molecule has 1 fully saturated rings. The van der Waals surface area contributed by atoms with Crippen LogP contribution in [0.5, 0.6) is 0 Å². The third-order valence-electron chi connectivity index (χ3n) is 6.47. The van der Waals surface area contributed by atoms with Gasteiger partial charge in [-0.25, -0.2) is 19.3 Å². The van der Waals surface area contributed by atoms with Crippen LogP contribution in [-0.2, 0) is 12.8 Å². The minimum atomic E-state index is -0.0501. The Morgan fingerprint density at radius 2 is 1.81 bits per heavy atom. The average Bonchev–Trinajstić information content (AvgIpc) is 3.35. The van der Waals surface area contributed by atoms with E-state index in [0.717, 1.165) is 68.0 Å². The van der Waals surface area contributed by atoms with E-state index in [2.05, 4.69) is 25.5 Å². The zero-order valence-corrected chi connectivity index (χ0v) is 18.4. The van der Waals surface area contributed by atoms with E-state index in [4.69, 9.17) is 0 Å². The zero-order valence-electron chi connectivity index (χ0n) is 18.4. The standard InChI is InChI=1S/C23H29N7O/c1-14-13-15(2)29(27-14)21-11-12-22(31)30(28-21)18-9-7-17(8-10-18)26-23-19-5-4-6-20(19)24-16(3)25-23/h11-13,17-18H,4-10H2,1-3H3,(H,24,25,26). The Kier molecular flexibility index (Phi) is 5.08. The Morgan fingerprint density at radius 3 is 2.55 bits per heavy atom. The van der Waals surface area contributed by atoms with Crippen LogP contribution in [0.15, 0.2) is 23.0 Å². The highest BCUT2D eigenvalue weighted by Crippen LogP contribution is 2.32. The van der Waals surface area contributed by atoms with Gasteiger partial charge in [-0.3, -0.25) is 4.79 Å². The van der Waals surface area contributed by atoms with Crippen LogP contribution in [0.2, 0.25) is 0 Å². The lowest BCUT2D eigenvalue weighted by Gasteiger charge is -2.30. The van der Waals surface area contributed by atoms with Gasteiger partial charge in [0.1, 0.15) is 11.6 Å². The van der Waals surface area contributed by atoms with Crippen LogP contribution in [0.25, 0.3) is 5.82 Å². The highest BCUT2D eigenvalue weighted by molar-refractivity contribution is 5.49. The van der Waals surface area contributed by atoms with Gasteiger partial charge in [-0.2, -0.15) is 5.10 Å². The molecule has 1 saturated carbocycles. The van der Waals surface area contributed by atoms with Crippen LogP contribution in [0.3, 0.4) is 0 Å². The second-order valence-corrected chi connectivity index (χ2v) is 8.86. The summed E-state index contributed by atoms with van der Waals surface area (Å²) in [5.41, 5.74) is 4.40. The molecule has 0 spiro atoms. The van der Waals surface area contributed by atoms with Gasteiger partial charge in [0.15, 0.2) is 5.82 Å². The monoisotopic (exact) mass is 419 g/mol. The molecular weight excluding hydrogens is 390 g/mol. The third-order valence-corrected chi connectivity index (χ3v) is 6.47. The molecule has 2 aliphatic rings.